The molecule has 0 aliphatic carbocycles. The van der Waals surface area contributed by atoms with Crippen molar-refractivity contribution in [2.45, 2.75) is 86.5 Å². The van der Waals surface area contributed by atoms with Crippen LogP contribution < -0.4 is 44.3 Å². The first-order chi connectivity index (χ1) is 62.5. The van der Waals surface area contributed by atoms with Crippen LogP contribution in [0.1, 0.15) is 82.4 Å². The number of ether oxygens (including phenoxy) is 6. The highest BCUT2D eigenvalue weighted by molar-refractivity contribution is 7.53. The average Bonchev–Trinajstić information content (AvgIpc) is 1.48. The quantitative estimate of drug-likeness (QED) is 0.00789. The fraction of sp³-hybridized carbons (Fsp3) is 0.209. The summed E-state index contributed by atoms with van der Waals surface area (Å²) in [6.07, 6.45) is 9.61. The molecule has 0 saturated heterocycles. The van der Waals surface area contributed by atoms with E-state index in [0.29, 0.717) is 114 Å². The van der Waals surface area contributed by atoms with Crippen molar-refractivity contribution in [2.75, 3.05) is 55.2 Å². The number of rotatable bonds is 38. The Morgan fingerprint density at radius 3 is 1.10 bits per heavy atom. The second-order valence-corrected chi connectivity index (χ2v) is 33.3. The number of anilines is 3. The van der Waals surface area contributed by atoms with Crippen molar-refractivity contribution in [2.24, 2.45) is 0 Å². The molecule has 678 valence electrons. The van der Waals surface area contributed by atoms with Gasteiger partial charge in [0.25, 0.3) is 17.5 Å². The molecule has 0 aliphatic rings. The standard InChI is InChI=1S/C33H33N4O7P.C25H25N4O8P.C24H22N4O4.C9H12ClO3P.BH4/c1-3-40-33(38)35-32-29(12-9-19-37(32)24-43-45(2,39)42-23-26-10-5-4-6-11-26)30-21-28(36-44-30)20-25-14-16-27(17-15-25)22-41-31-13-7-8-18-34-31;1-2-34-25(30)27-24-21(6-5-13-29(24)17-36-38(31,32)33)22-15-20(28-37-22)14-18-8-10-19(11-9-18)16-35-23-7-3-4-12-26-23;1-2-30-24(29)27-23-20(6-5-13-26-23)21-15-19(28-32-21)14-17-8-10-18(11-9-17)16-31-22-7-3-4-12-25-22;1-14(11,13-8-10)12-7-9-5-3-2-4-6-9;/h4-19,21H,3,20,22-24H2,1-2H3;3-13,15H,2,14,16-17H2,1H3,(H2,31,32,33);3-13,15H,2,14,16H2,1H3,(H,26,27,29);2-6H,7-8H2,1H3;1H4/q;;;;-1/p+3. The van der Waals surface area contributed by atoms with E-state index in [0.717, 1.165) is 50.2 Å². The van der Waals surface area contributed by atoms with E-state index in [4.69, 9.17) is 81.5 Å². The first kappa shape index (κ1) is 98.8. The number of nitrogens with one attached hydrogen (secondary N) is 4. The van der Waals surface area contributed by atoms with Crippen molar-refractivity contribution in [3.8, 4) is 51.6 Å². The van der Waals surface area contributed by atoms with Crippen LogP contribution in [0.3, 0.4) is 0 Å². The molecule has 2 unspecified atom stereocenters. The smallest absolute Gasteiger partial charge is 0.473 e. The minimum Gasteiger partial charge on any atom is -0.473 e. The molecule has 9 heterocycles. The Labute approximate surface area is 756 Å². The Kier molecular flexibility index (Phi) is 38.7. The number of H-pyrrole nitrogens is 1. The Balaban J connectivity index is 0.000000190. The largest absolute Gasteiger partial charge is 0.504 e. The van der Waals surface area contributed by atoms with Crippen LogP contribution >= 0.6 is 34.6 Å². The molecule has 14 aromatic rings. The molecule has 6 N–H and O–H groups in total. The molecule has 130 heavy (non-hydrogen) atoms. The number of aromatic nitrogens is 9. The maximum atomic E-state index is 13.0. The van der Waals surface area contributed by atoms with Crippen molar-refractivity contribution < 1.29 is 117 Å². The summed E-state index contributed by atoms with van der Waals surface area (Å²) in [4.78, 5) is 70.1. The zero-order chi connectivity index (χ0) is 91.1. The van der Waals surface area contributed by atoms with Gasteiger partial charge in [0.05, 0.1) is 68.7 Å². The Morgan fingerprint density at radius 2 is 0.738 bits per heavy atom. The Bertz CT molecular complexity index is 5990. The molecule has 39 heteroatoms. The molecule has 2 atom stereocenters. The van der Waals surface area contributed by atoms with E-state index in [-0.39, 0.29) is 60.1 Å². The van der Waals surface area contributed by atoms with Gasteiger partial charge in [0.2, 0.25) is 31.1 Å². The third-order valence-electron chi connectivity index (χ3n) is 18.0. The van der Waals surface area contributed by atoms with Gasteiger partial charge in [0.1, 0.15) is 42.6 Å². The van der Waals surface area contributed by atoms with Gasteiger partial charge in [-0.2, -0.15) is 30.3 Å². The second kappa shape index (κ2) is 51.0. The maximum Gasteiger partial charge on any atom is 0.504 e. The summed E-state index contributed by atoms with van der Waals surface area (Å²) in [6, 6.07) is 75.2. The number of hydrogen-bond donors (Lipinski definition) is 5. The van der Waals surface area contributed by atoms with E-state index in [9.17, 15) is 28.1 Å². The summed E-state index contributed by atoms with van der Waals surface area (Å²) in [7, 11) is -11.2. The molecule has 0 radical (unpaired) electrons. The van der Waals surface area contributed by atoms with Crippen molar-refractivity contribution in [3.05, 3.63) is 341 Å². The summed E-state index contributed by atoms with van der Waals surface area (Å²) in [5, 5.41) is 20.6. The Hall–Kier alpha value is -13.4. The number of aromatic amines is 1. The lowest BCUT2D eigenvalue weighted by molar-refractivity contribution is -0.712. The molecule has 0 spiro atoms. The summed E-state index contributed by atoms with van der Waals surface area (Å²) in [5.41, 5.74) is 11.7. The zero-order valence-corrected chi connectivity index (χ0v) is 74.3. The van der Waals surface area contributed by atoms with Gasteiger partial charge in [-0.05, 0) is 120 Å². The van der Waals surface area contributed by atoms with Crippen LogP contribution in [0.4, 0.5) is 31.8 Å². The fourth-order valence-electron chi connectivity index (χ4n) is 11.8. The van der Waals surface area contributed by atoms with Gasteiger partial charge in [-0.1, -0.05) is 187 Å². The number of alkyl halides is 1. The predicted octanol–water partition coefficient (Wildman–Crippen LogP) is 16.7. The molecule has 5 aromatic carbocycles. The molecule has 0 fully saturated rings. The summed E-state index contributed by atoms with van der Waals surface area (Å²) >= 11 is 5.29. The lowest BCUT2D eigenvalue weighted by Gasteiger charge is -2.15. The second-order valence-electron chi connectivity index (χ2n) is 27.7. The number of carbonyl (C=O) groups excluding carboxylic acids is 3. The monoisotopic (exact) mass is 1850 g/mol. The van der Waals surface area contributed by atoms with Gasteiger partial charge in [-0.15, -0.1) is 0 Å². The molecule has 3 amide bonds. The van der Waals surface area contributed by atoms with E-state index < -0.39 is 48.0 Å². The predicted molar refractivity (Wildman–Crippen MR) is 485 cm³/mol. The highest BCUT2D eigenvalue weighted by Crippen LogP contribution is 2.46. The van der Waals surface area contributed by atoms with Gasteiger partial charge in [0.15, 0.2) is 17.3 Å². The molecule has 34 nitrogen and oxygen atoms in total. The molecular formula is C91H99BClN12O22P3+2. The molecule has 0 bridgehead atoms. The van der Waals surface area contributed by atoms with E-state index in [2.05, 4.69) is 55.9 Å². The van der Waals surface area contributed by atoms with Gasteiger partial charge < -0.3 is 60.8 Å². The van der Waals surface area contributed by atoms with Crippen LogP contribution in [-0.4, -0.2) is 106 Å². The number of halogens is 1. The molecule has 0 aliphatic heterocycles. The number of carbonyl (C=O) groups is 3. The van der Waals surface area contributed by atoms with E-state index >= 15 is 0 Å². The van der Waals surface area contributed by atoms with Gasteiger partial charge in [-0.3, -0.25) is 18.2 Å². The summed E-state index contributed by atoms with van der Waals surface area (Å²) in [5.74, 6) is 3.97. The number of phosphoric acid groups is 1. The number of pyridine rings is 6. The Morgan fingerprint density at radius 1 is 0.400 bits per heavy atom. The minimum atomic E-state index is -4.76. The van der Waals surface area contributed by atoms with Gasteiger partial charge >= 0.3 is 41.3 Å². The van der Waals surface area contributed by atoms with Crippen LogP contribution in [0.15, 0.2) is 293 Å². The van der Waals surface area contributed by atoms with Crippen molar-refractivity contribution in [1.29, 1.82) is 0 Å². The van der Waals surface area contributed by atoms with Crippen molar-refractivity contribution in [1.82, 2.24) is 30.4 Å². The van der Waals surface area contributed by atoms with Crippen molar-refractivity contribution >= 4 is 78.8 Å². The summed E-state index contributed by atoms with van der Waals surface area (Å²) < 4.78 is 113. The van der Waals surface area contributed by atoms with E-state index in [1.807, 2.05) is 206 Å². The molecule has 9 aromatic heterocycles. The number of nitrogens with zero attached hydrogens (tertiary/aromatic N) is 8. The van der Waals surface area contributed by atoms with Crippen molar-refractivity contribution in [3.63, 3.8) is 0 Å². The van der Waals surface area contributed by atoms with Gasteiger partial charge in [0, 0.05) is 87.6 Å². The topological polar surface area (TPSA) is 419 Å². The first-order valence-corrected chi connectivity index (χ1v) is 46.3. The van der Waals surface area contributed by atoms with Crippen LogP contribution in [0.2, 0.25) is 0 Å². The summed E-state index contributed by atoms with van der Waals surface area (Å²) in [6.45, 7) is 9.47. The normalized spacial score (nSPS) is 11.8. The third-order valence-corrected chi connectivity index (χ3v) is 21.1. The van der Waals surface area contributed by atoms with Crippen LogP contribution in [0.25, 0.3) is 34.0 Å². The first-order valence-electron chi connectivity index (χ1n) is 40.2. The highest BCUT2D eigenvalue weighted by atomic mass is 35.5. The zero-order valence-electron chi connectivity index (χ0n) is 70.8. The average molecular weight is 1850 g/mol. The lowest BCUT2D eigenvalue weighted by atomic mass is 10.1. The van der Waals surface area contributed by atoms with Crippen LogP contribution in [-0.2, 0) is 116 Å². The van der Waals surface area contributed by atoms with Gasteiger partial charge in [-0.25, -0.2) is 38.2 Å². The fourth-order valence-corrected chi connectivity index (χ4v) is 14.0. The highest BCUT2D eigenvalue weighted by Gasteiger charge is 2.30. The number of amides is 3. The third kappa shape index (κ3) is 33.3. The SMILES string of the molecule is CCOC(=O)Nc1[nH+]cccc1-c1cc(Cc2ccc(COc3ccccn3)cc2)no1.CCOC(=O)Nc1c(-c2cc(Cc3ccc(COc4ccccn4)cc3)no2)ccc[n+]1COP(=O)(O)O.CCOC(=O)Nc1c(-c2cc(Cc3ccc(COc4ccccn4)cc3)no2)ccc[n+]1COP(C)(=O)OCc1ccccc1.CP(=O)(OCCl)OCc1ccccc1.[BH4-]. The van der Waals surface area contributed by atoms with Crippen LogP contribution in [0, 0.1) is 0 Å². The maximum absolute atomic E-state index is 13.0. The lowest BCUT2D eigenvalue weighted by Crippen LogP contribution is -2.39. The molecule has 0 saturated carbocycles. The molecule has 14 rings (SSSR count). The number of hydrogen-bond acceptors (Lipinski definition) is 26. The molecular weight excluding hydrogens is 1750 g/mol. The van der Waals surface area contributed by atoms with E-state index in [1.54, 1.807) is 92.7 Å². The minimum absolute atomic E-state index is 0. The number of phosphoric ester groups is 1. The van der Waals surface area contributed by atoms with Crippen LogP contribution in [0.5, 0.6) is 17.6 Å². The van der Waals surface area contributed by atoms with E-state index in [1.165, 1.54) is 24.1 Å². The number of benzene rings is 5.